The fraction of sp³-hybridized carbons (Fsp3) is 0.571. The molecular formula is C14H20N2O3S. The second kappa shape index (κ2) is 6.26. The van der Waals surface area contributed by atoms with E-state index in [0.29, 0.717) is 21.5 Å². The van der Waals surface area contributed by atoms with Gasteiger partial charge in [0, 0.05) is 13.0 Å². The molecule has 1 saturated carbocycles. The summed E-state index contributed by atoms with van der Waals surface area (Å²) >= 11 is 1.25. The van der Waals surface area contributed by atoms with Gasteiger partial charge in [-0.3, -0.25) is 4.79 Å². The van der Waals surface area contributed by atoms with Crippen molar-refractivity contribution in [3.8, 4) is 0 Å². The minimum atomic E-state index is -0.464. The van der Waals surface area contributed by atoms with Crippen LogP contribution in [0.3, 0.4) is 0 Å². The van der Waals surface area contributed by atoms with Gasteiger partial charge in [0.05, 0.1) is 17.2 Å². The molecule has 1 fully saturated rings. The van der Waals surface area contributed by atoms with Crippen molar-refractivity contribution in [2.75, 3.05) is 17.7 Å². The van der Waals surface area contributed by atoms with E-state index in [9.17, 15) is 9.59 Å². The molecule has 0 spiro atoms. The second-order valence-corrected chi connectivity index (χ2v) is 5.97. The van der Waals surface area contributed by atoms with Crippen LogP contribution in [0.15, 0.2) is 0 Å². The number of nitrogens with one attached hydrogen (secondary N) is 1. The zero-order valence-electron chi connectivity index (χ0n) is 11.8. The van der Waals surface area contributed by atoms with Gasteiger partial charge in [-0.1, -0.05) is 12.8 Å². The van der Waals surface area contributed by atoms with Gasteiger partial charge < -0.3 is 15.8 Å². The topological polar surface area (TPSA) is 81.4 Å². The van der Waals surface area contributed by atoms with Crippen molar-refractivity contribution in [3.05, 3.63) is 10.4 Å². The minimum absolute atomic E-state index is 0.127. The lowest BCUT2D eigenvalue weighted by molar-refractivity contribution is 0.0529. The molecule has 1 aromatic rings. The molecule has 0 aliphatic heterocycles. The lowest BCUT2D eigenvalue weighted by Gasteiger charge is -2.13. The van der Waals surface area contributed by atoms with Gasteiger partial charge in [-0.25, -0.2) is 4.79 Å². The van der Waals surface area contributed by atoms with Crippen molar-refractivity contribution >= 4 is 33.8 Å². The van der Waals surface area contributed by atoms with Crippen LogP contribution in [0.4, 0.5) is 10.7 Å². The van der Waals surface area contributed by atoms with E-state index in [1.165, 1.54) is 31.1 Å². The van der Waals surface area contributed by atoms with Crippen LogP contribution >= 0.6 is 11.3 Å². The monoisotopic (exact) mass is 296 g/mol. The Morgan fingerprint density at radius 3 is 2.60 bits per heavy atom. The number of rotatable bonds is 5. The Balaban J connectivity index is 2.34. The fourth-order valence-electron chi connectivity index (χ4n) is 2.47. The number of thiophene rings is 1. The number of Topliss-reactive ketones (excluding diaryl/α,β-unsaturated/α-hetero) is 1. The zero-order valence-corrected chi connectivity index (χ0v) is 12.6. The molecule has 0 unspecified atom stereocenters. The van der Waals surface area contributed by atoms with E-state index in [-0.39, 0.29) is 18.1 Å². The summed E-state index contributed by atoms with van der Waals surface area (Å²) in [6, 6.07) is 0.348. The highest BCUT2D eigenvalue weighted by Crippen LogP contribution is 2.38. The first-order valence-electron chi connectivity index (χ1n) is 6.91. The fourth-order valence-corrected chi connectivity index (χ4v) is 3.55. The first-order valence-corrected chi connectivity index (χ1v) is 7.73. The lowest BCUT2D eigenvalue weighted by Crippen LogP contribution is -2.17. The summed E-state index contributed by atoms with van der Waals surface area (Å²) in [6.07, 6.45) is 4.53. The number of esters is 1. The van der Waals surface area contributed by atoms with Crippen molar-refractivity contribution in [3.63, 3.8) is 0 Å². The van der Waals surface area contributed by atoms with Crippen LogP contribution in [0.2, 0.25) is 0 Å². The smallest absolute Gasteiger partial charge is 0.343 e. The highest BCUT2D eigenvalue weighted by atomic mass is 32.1. The van der Waals surface area contributed by atoms with E-state index < -0.39 is 5.97 Å². The van der Waals surface area contributed by atoms with Crippen LogP contribution in [0.25, 0.3) is 0 Å². The molecule has 0 atom stereocenters. The van der Waals surface area contributed by atoms with Gasteiger partial charge in [0.15, 0.2) is 5.78 Å². The maximum atomic E-state index is 12.0. The quantitative estimate of drug-likeness (QED) is 0.644. The normalized spacial score (nSPS) is 15.3. The van der Waals surface area contributed by atoms with Crippen LogP contribution in [0, 0.1) is 0 Å². The number of carbonyl (C=O) groups excluding carboxylic acids is 2. The number of hydrogen-bond acceptors (Lipinski definition) is 6. The van der Waals surface area contributed by atoms with Gasteiger partial charge in [-0.2, -0.15) is 0 Å². The summed E-state index contributed by atoms with van der Waals surface area (Å²) in [5.74, 6) is -0.591. The molecule has 0 radical (unpaired) electrons. The van der Waals surface area contributed by atoms with E-state index in [2.05, 4.69) is 5.32 Å². The summed E-state index contributed by atoms with van der Waals surface area (Å²) in [6.45, 7) is 3.49. The average Bonchev–Trinajstić information content (AvgIpc) is 2.98. The summed E-state index contributed by atoms with van der Waals surface area (Å²) < 4.78 is 5.04. The molecule has 5 nitrogen and oxygen atoms in total. The molecule has 0 aromatic carbocycles. The molecule has 1 heterocycles. The molecule has 0 saturated heterocycles. The molecular weight excluding hydrogens is 276 g/mol. The predicted molar refractivity (Wildman–Crippen MR) is 80.6 cm³/mol. The number of nitrogen functional groups attached to an aromatic ring is 1. The average molecular weight is 296 g/mol. The number of anilines is 2. The first kappa shape index (κ1) is 14.8. The highest BCUT2D eigenvalue weighted by Gasteiger charge is 2.27. The molecule has 2 rings (SSSR count). The third-order valence-electron chi connectivity index (χ3n) is 3.43. The number of ketones is 1. The molecule has 20 heavy (non-hydrogen) atoms. The van der Waals surface area contributed by atoms with Crippen molar-refractivity contribution in [1.82, 2.24) is 0 Å². The van der Waals surface area contributed by atoms with Crippen molar-refractivity contribution in [1.29, 1.82) is 0 Å². The van der Waals surface area contributed by atoms with Crippen molar-refractivity contribution in [2.24, 2.45) is 0 Å². The number of ether oxygens (including phenoxy) is 1. The zero-order chi connectivity index (χ0) is 14.7. The van der Waals surface area contributed by atoms with E-state index in [4.69, 9.17) is 10.5 Å². The Morgan fingerprint density at radius 2 is 2.05 bits per heavy atom. The SMILES string of the molecule is CCOC(=O)c1c(NC2CCCC2)sc(C(C)=O)c1N. The largest absolute Gasteiger partial charge is 0.462 e. The molecule has 0 amide bonds. The molecule has 3 N–H and O–H groups in total. The summed E-state index contributed by atoms with van der Waals surface area (Å²) in [4.78, 5) is 24.1. The third kappa shape index (κ3) is 2.95. The Kier molecular flexibility index (Phi) is 4.65. The van der Waals surface area contributed by atoms with Crippen LogP contribution in [-0.4, -0.2) is 24.4 Å². The van der Waals surface area contributed by atoms with Gasteiger partial charge in [-0.15, -0.1) is 11.3 Å². The minimum Gasteiger partial charge on any atom is -0.462 e. The van der Waals surface area contributed by atoms with E-state index in [1.807, 2.05) is 0 Å². The number of nitrogens with two attached hydrogens (primary N) is 1. The summed E-state index contributed by atoms with van der Waals surface area (Å²) in [7, 11) is 0. The van der Waals surface area contributed by atoms with E-state index >= 15 is 0 Å². The Bertz CT molecular complexity index is 519. The third-order valence-corrected chi connectivity index (χ3v) is 4.67. The maximum absolute atomic E-state index is 12.0. The van der Waals surface area contributed by atoms with Crippen molar-refractivity contribution in [2.45, 2.75) is 45.6 Å². The molecule has 1 aliphatic carbocycles. The van der Waals surface area contributed by atoms with Crippen LogP contribution < -0.4 is 11.1 Å². The molecule has 1 aliphatic rings. The van der Waals surface area contributed by atoms with Gasteiger partial charge in [0.25, 0.3) is 0 Å². The van der Waals surface area contributed by atoms with Gasteiger partial charge >= 0.3 is 5.97 Å². The van der Waals surface area contributed by atoms with Crippen LogP contribution in [0.1, 0.15) is 59.6 Å². The predicted octanol–water partition coefficient (Wildman–Crippen LogP) is 3.06. The first-order chi connectivity index (χ1) is 9.54. The van der Waals surface area contributed by atoms with Crippen LogP contribution in [0.5, 0.6) is 0 Å². The summed E-state index contributed by atoms with van der Waals surface area (Å²) in [5.41, 5.74) is 6.51. The Labute approximate surface area is 122 Å². The highest BCUT2D eigenvalue weighted by molar-refractivity contribution is 7.19. The van der Waals surface area contributed by atoms with Gasteiger partial charge in [0.2, 0.25) is 0 Å². The van der Waals surface area contributed by atoms with Gasteiger partial charge in [0.1, 0.15) is 10.6 Å². The standard InChI is InChI=1S/C14H20N2O3S/c1-3-19-14(18)10-11(15)12(8(2)17)20-13(10)16-9-6-4-5-7-9/h9,16H,3-7,15H2,1-2H3. The molecule has 6 heteroatoms. The second-order valence-electron chi connectivity index (χ2n) is 4.95. The summed E-state index contributed by atoms with van der Waals surface area (Å²) in [5, 5.41) is 4.02. The van der Waals surface area contributed by atoms with Crippen molar-refractivity contribution < 1.29 is 14.3 Å². The maximum Gasteiger partial charge on any atom is 0.343 e. The lowest BCUT2D eigenvalue weighted by atomic mass is 10.2. The molecule has 110 valence electrons. The molecule has 0 bridgehead atoms. The van der Waals surface area contributed by atoms with Gasteiger partial charge in [-0.05, 0) is 19.8 Å². The van der Waals surface area contributed by atoms with E-state index in [1.54, 1.807) is 6.92 Å². The Morgan fingerprint density at radius 1 is 1.40 bits per heavy atom. The van der Waals surface area contributed by atoms with E-state index in [0.717, 1.165) is 12.8 Å². The Hall–Kier alpha value is -1.56. The van der Waals surface area contributed by atoms with Crippen LogP contribution in [-0.2, 0) is 4.74 Å². The number of hydrogen-bond donors (Lipinski definition) is 2. The molecule has 1 aromatic heterocycles. The number of carbonyl (C=O) groups is 2.